The molecule has 6 nitrogen and oxygen atoms in total. The molecule has 0 saturated carbocycles. The number of carbonyl (C=O) groups is 3. The van der Waals surface area contributed by atoms with E-state index >= 15 is 0 Å². The lowest BCUT2D eigenvalue weighted by atomic mass is 9.80. The van der Waals surface area contributed by atoms with E-state index in [4.69, 9.17) is 0 Å². The van der Waals surface area contributed by atoms with E-state index in [0.717, 1.165) is 10.4 Å². The van der Waals surface area contributed by atoms with Crippen molar-refractivity contribution in [2.75, 3.05) is 5.01 Å². The standard InChI is InChI=1S/C26H22FN3O3S/c27-18-12-10-16(11-13-18)23(22-9-4-14-34-22)28-24(31)17-5-3-6-19(15-17)30-26(33)21-8-2-1-7-20(21)25(32)29-30/h1-6,9-15,20-21,23H,7-8H2,(H,28,31)(H,29,32)/t20-,21+,23+/m0/s1. The Labute approximate surface area is 200 Å². The zero-order chi connectivity index (χ0) is 23.7. The molecule has 1 aliphatic heterocycles. The molecule has 2 N–H and O–H groups in total. The third-order valence-electron chi connectivity index (χ3n) is 6.20. The fourth-order valence-corrected chi connectivity index (χ4v) is 5.22. The van der Waals surface area contributed by atoms with Crippen LogP contribution in [0.15, 0.2) is 78.2 Å². The highest BCUT2D eigenvalue weighted by molar-refractivity contribution is 7.10. The summed E-state index contributed by atoms with van der Waals surface area (Å²) in [6, 6.07) is 16.0. The van der Waals surface area contributed by atoms with Crippen LogP contribution < -0.4 is 15.8 Å². The maximum atomic E-state index is 13.5. The van der Waals surface area contributed by atoms with E-state index in [2.05, 4.69) is 10.7 Å². The Balaban J connectivity index is 1.40. The molecule has 2 aromatic carbocycles. The molecule has 3 amide bonds. The van der Waals surface area contributed by atoms with Gasteiger partial charge in [-0.25, -0.2) is 9.40 Å². The van der Waals surface area contributed by atoms with E-state index < -0.39 is 12.0 Å². The molecule has 172 valence electrons. The van der Waals surface area contributed by atoms with Gasteiger partial charge in [0.25, 0.3) is 5.91 Å². The third-order valence-corrected chi connectivity index (χ3v) is 7.14. The average molecular weight is 476 g/mol. The van der Waals surface area contributed by atoms with Gasteiger partial charge in [0.1, 0.15) is 5.82 Å². The number of halogens is 1. The van der Waals surface area contributed by atoms with E-state index in [0.29, 0.717) is 24.1 Å². The number of hydrazine groups is 1. The lowest BCUT2D eigenvalue weighted by Gasteiger charge is -2.38. The number of carbonyl (C=O) groups excluding carboxylic acids is 3. The summed E-state index contributed by atoms with van der Waals surface area (Å²) in [5.41, 5.74) is 4.21. The first-order valence-electron chi connectivity index (χ1n) is 11.0. The summed E-state index contributed by atoms with van der Waals surface area (Å²) < 4.78 is 13.5. The number of rotatable bonds is 5. The number of anilines is 1. The largest absolute Gasteiger partial charge is 0.340 e. The van der Waals surface area contributed by atoms with Crippen molar-refractivity contribution in [1.82, 2.24) is 10.7 Å². The van der Waals surface area contributed by atoms with Gasteiger partial charge < -0.3 is 5.32 Å². The number of nitrogens with one attached hydrogen (secondary N) is 2. The van der Waals surface area contributed by atoms with Crippen LogP contribution in [0.4, 0.5) is 10.1 Å². The van der Waals surface area contributed by atoms with Gasteiger partial charge in [-0.2, -0.15) is 0 Å². The number of amides is 3. The summed E-state index contributed by atoms with van der Waals surface area (Å²) in [5, 5.41) is 6.18. The summed E-state index contributed by atoms with van der Waals surface area (Å²) in [6.07, 6.45) is 4.93. The average Bonchev–Trinajstić information content (AvgIpc) is 3.40. The number of hydrogen-bond donors (Lipinski definition) is 2. The van der Waals surface area contributed by atoms with Crippen molar-refractivity contribution in [3.8, 4) is 0 Å². The molecule has 2 heterocycles. The van der Waals surface area contributed by atoms with Crippen LogP contribution in [0.1, 0.15) is 39.7 Å². The highest BCUT2D eigenvalue weighted by Crippen LogP contribution is 2.33. The predicted octanol–water partition coefficient (Wildman–Crippen LogP) is 4.37. The van der Waals surface area contributed by atoms with Gasteiger partial charge in [0, 0.05) is 10.4 Å². The van der Waals surface area contributed by atoms with Crippen molar-refractivity contribution in [2.45, 2.75) is 18.9 Å². The summed E-state index contributed by atoms with van der Waals surface area (Å²) >= 11 is 1.49. The molecular weight excluding hydrogens is 453 g/mol. The second kappa shape index (κ2) is 9.23. The number of allylic oxidation sites excluding steroid dienone is 2. The molecule has 5 rings (SSSR count). The van der Waals surface area contributed by atoms with Crippen molar-refractivity contribution in [3.63, 3.8) is 0 Å². The fraction of sp³-hybridized carbons (Fsp3) is 0.192. The minimum Gasteiger partial charge on any atom is -0.340 e. The van der Waals surface area contributed by atoms with Crippen LogP contribution in [0.25, 0.3) is 0 Å². The Morgan fingerprint density at radius 3 is 2.53 bits per heavy atom. The lowest BCUT2D eigenvalue weighted by molar-refractivity contribution is -0.139. The summed E-state index contributed by atoms with van der Waals surface area (Å²) in [4.78, 5) is 39.8. The molecule has 0 radical (unpaired) electrons. The Hall–Kier alpha value is -3.78. The van der Waals surface area contributed by atoms with Crippen LogP contribution in [0.2, 0.25) is 0 Å². The Bertz CT molecular complexity index is 1260. The molecule has 8 heteroatoms. The number of thiophene rings is 1. The van der Waals surface area contributed by atoms with Crippen LogP contribution >= 0.6 is 11.3 Å². The SMILES string of the molecule is O=C(N[C@H](c1ccc(F)cc1)c1cccs1)c1cccc(N2NC(=O)[C@H]3CC=CC[C@H]3C2=O)c1. The van der Waals surface area contributed by atoms with Gasteiger partial charge in [-0.3, -0.25) is 19.8 Å². The molecule has 1 fully saturated rings. The van der Waals surface area contributed by atoms with Gasteiger partial charge in [0.2, 0.25) is 11.8 Å². The first-order valence-corrected chi connectivity index (χ1v) is 11.9. The predicted molar refractivity (Wildman–Crippen MR) is 127 cm³/mol. The zero-order valence-electron chi connectivity index (χ0n) is 18.1. The van der Waals surface area contributed by atoms with E-state index in [1.54, 1.807) is 36.4 Å². The van der Waals surface area contributed by atoms with Gasteiger partial charge >= 0.3 is 0 Å². The molecule has 1 saturated heterocycles. The summed E-state index contributed by atoms with van der Waals surface area (Å²) in [5.74, 6) is -1.84. The van der Waals surface area contributed by atoms with Crippen molar-refractivity contribution in [2.24, 2.45) is 11.8 Å². The van der Waals surface area contributed by atoms with Crippen molar-refractivity contribution < 1.29 is 18.8 Å². The van der Waals surface area contributed by atoms with E-state index in [-0.39, 0.29) is 29.5 Å². The van der Waals surface area contributed by atoms with Gasteiger partial charge in [-0.15, -0.1) is 11.3 Å². The summed E-state index contributed by atoms with van der Waals surface area (Å²) in [7, 11) is 0. The second-order valence-corrected chi connectivity index (χ2v) is 9.31. The molecule has 0 bridgehead atoms. The van der Waals surface area contributed by atoms with Crippen LogP contribution in [0, 0.1) is 17.7 Å². The Morgan fingerprint density at radius 1 is 1.03 bits per heavy atom. The lowest BCUT2D eigenvalue weighted by Crippen LogP contribution is -2.59. The molecule has 3 atom stereocenters. The quantitative estimate of drug-likeness (QED) is 0.538. The van der Waals surface area contributed by atoms with Gasteiger partial charge in [0.15, 0.2) is 0 Å². The fourth-order valence-electron chi connectivity index (χ4n) is 4.41. The van der Waals surface area contributed by atoms with Crippen LogP contribution in [-0.4, -0.2) is 17.7 Å². The van der Waals surface area contributed by atoms with E-state index in [1.807, 2.05) is 29.7 Å². The molecular formula is C26H22FN3O3S. The minimum atomic E-state index is -0.456. The smallest absolute Gasteiger partial charge is 0.252 e. The van der Waals surface area contributed by atoms with Gasteiger partial charge in [-0.1, -0.05) is 36.4 Å². The molecule has 34 heavy (non-hydrogen) atoms. The number of benzene rings is 2. The van der Waals surface area contributed by atoms with Crippen LogP contribution in [-0.2, 0) is 9.59 Å². The second-order valence-electron chi connectivity index (χ2n) is 8.33. The Morgan fingerprint density at radius 2 is 1.79 bits per heavy atom. The van der Waals surface area contributed by atoms with Gasteiger partial charge in [0.05, 0.1) is 23.6 Å². The van der Waals surface area contributed by atoms with E-state index in [9.17, 15) is 18.8 Å². The van der Waals surface area contributed by atoms with Crippen molar-refractivity contribution >= 4 is 34.7 Å². The third kappa shape index (κ3) is 4.24. The number of fused-ring (bicyclic) bond motifs is 1. The van der Waals surface area contributed by atoms with E-state index in [1.165, 1.54) is 28.5 Å². The molecule has 2 aliphatic rings. The van der Waals surface area contributed by atoms with Crippen LogP contribution in [0.5, 0.6) is 0 Å². The number of hydrogen-bond acceptors (Lipinski definition) is 4. The topological polar surface area (TPSA) is 78.5 Å². The first kappa shape index (κ1) is 22.0. The first-order chi connectivity index (χ1) is 16.5. The molecule has 1 aromatic heterocycles. The molecule has 0 spiro atoms. The summed E-state index contributed by atoms with van der Waals surface area (Å²) in [6.45, 7) is 0. The highest BCUT2D eigenvalue weighted by Gasteiger charge is 2.42. The van der Waals surface area contributed by atoms with Gasteiger partial charge in [-0.05, 0) is 60.2 Å². The molecule has 1 aliphatic carbocycles. The van der Waals surface area contributed by atoms with Crippen LogP contribution in [0.3, 0.4) is 0 Å². The Kier molecular flexibility index (Phi) is 5.98. The minimum absolute atomic E-state index is 0.186. The highest BCUT2D eigenvalue weighted by atomic mass is 32.1. The maximum Gasteiger partial charge on any atom is 0.252 e. The molecule has 3 aromatic rings. The van der Waals surface area contributed by atoms with Crippen molar-refractivity contribution in [1.29, 1.82) is 0 Å². The normalized spacial score (nSPS) is 20.4. The number of nitrogens with zero attached hydrogens (tertiary/aromatic N) is 1. The maximum absolute atomic E-state index is 13.5. The van der Waals surface area contributed by atoms with Crippen molar-refractivity contribution in [3.05, 3.63) is 100 Å². The monoisotopic (exact) mass is 475 g/mol. The zero-order valence-corrected chi connectivity index (χ0v) is 18.9. The molecule has 0 unspecified atom stereocenters.